The number of aryl methyl sites for hydroxylation is 1. The number of nitrogens with zero attached hydrogens (tertiary/aromatic N) is 2. The molecule has 1 N–H and O–H groups in total. The monoisotopic (exact) mass is 529 g/mol. The fourth-order valence-electron chi connectivity index (χ4n) is 3.73. The van der Waals surface area contributed by atoms with Crippen LogP contribution in [0.1, 0.15) is 23.7 Å². The van der Waals surface area contributed by atoms with Crippen LogP contribution in [0.5, 0.6) is 28.7 Å². The molecular formula is C30H31N3O4S. The first kappa shape index (κ1) is 26.8. The molecule has 0 aliphatic heterocycles. The molecule has 3 aromatic carbocycles. The number of rotatable bonds is 9. The number of fused-ring (bicyclic) bond motifs is 1. The number of nitrogens with one attached hydrogen (secondary N) is 1. The summed E-state index contributed by atoms with van der Waals surface area (Å²) in [6.07, 6.45) is 3.61. The average Bonchev–Trinajstić information content (AvgIpc) is 3.38. The molecule has 196 valence electrons. The van der Waals surface area contributed by atoms with Crippen LogP contribution in [0.4, 0.5) is 11.4 Å². The Morgan fingerprint density at radius 2 is 1.55 bits per heavy atom. The van der Waals surface area contributed by atoms with Crippen LogP contribution in [0.2, 0.25) is 0 Å². The highest BCUT2D eigenvalue weighted by molar-refractivity contribution is 7.11. The van der Waals surface area contributed by atoms with E-state index < -0.39 is 0 Å². The van der Waals surface area contributed by atoms with Gasteiger partial charge in [0.1, 0.15) is 23.9 Å². The molecule has 7 nitrogen and oxygen atoms in total. The summed E-state index contributed by atoms with van der Waals surface area (Å²) >= 11 is 1.63. The highest BCUT2D eigenvalue weighted by Gasteiger charge is 2.10. The highest BCUT2D eigenvalue weighted by atomic mass is 32.1. The van der Waals surface area contributed by atoms with Crippen LogP contribution in [0.15, 0.2) is 79.1 Å². The van der Waals surface area contributed by atoms with Gasteiger partial charge in [0.25, 0.3) is 0 Å². The van der Waals surface area contributed by atoms with E-state index in [0.29, 0.717) is 23.9 Å². The second kappa shape index (κ2) is 12.8. The lowest BCUT2D eigenvalue weighted by atomic mass is 10.1. The van der Waals surface area contributed by atoms with Crippen LogP contribution in [0, 0.1) is 6.92 Å². The summed E-state index contributed by atoms with van der Waals surface area (Å²) in [4.78, 5) is 9.80. The average molecular weight is 530 g/mol. The molecule has 0 saturated carbocycles. The fourth-order valence-corrected chi connectivity index (χ4v) is 4.44. The first-order chi connectivity index (χ1) is 18.6. The van der Waals surface area contributed by atoms with Crippen molar-refractivity contribution < 1.29 is 18.9 Å². The maximum absolute atomic E-state index is 6.05. The third-order valence-electron chi connectivity index (χ3n) is 5.47. The maximum Gasteiger partial charge on any atom is 0.162 e. The van der Waals surface area contributed by atoms with Gasteiger partial charge in [-0.1, -0.05) is 19.9 Å². The number of aromatic nitrogens is 2. The standard InChI is InChI=1S/C28H25N3O4S.C2H6/c1-18-30-16-23(36-18)17-34-21-5-4-6-22(13-21)35-20-9-7-19(8-10-20)31-25-11-12-29-26-15-28(33-3)27(32-2)14-24(25)26;1-2/h4-16H,17H2,1-3H3,(H,29,31);1-2H3. The van der Waals surface area contributed by atoms with Gasteiger partial charge in [0.15, 0.2) is 11.5 Å². The summed E-state index contributed by atoms with van der Waals surface area (Å²) in [7, 11) is 3.23. The van der Waals surface area contributed by atoms with E-state index >= 15 is 0 Å². The number of benzene rings is 3. The fraction of sp³-hybridized carbons (Fsp3) is 0.200. The minimum absolute atomic E-state index is 0.484. The van der Waals surface area contributed by atoms with Gasteiger partial charge in [-0.15, -0.1) is 11.3 Å². The number of anilines is 2. The second-order valence-corrected chi connectivity index (χ2v) is 9.26. The molecule has 0 aliphatic carbocycles. The molecule has 2 aromatic heterocycles. The van der Waals surface area contributed by atoms with Crippen molar-refractivity contribution in [3.63, 3.8) is 0 Å². The zero-order valence-corrected chi connectivity index (χ0v) is 23.0. The number of methoxy groups -OCH3 is 2. The molecule has 0 fully saturated rings. The van der Waals surface area contributed by atoms with E-state index in [0.717, 1.165) is 43.7 Å². The Balaban J connectivity index is 0.00000164. The summed E-state index contributed by atoms with van der Waals surface area (Å²) in [5, 5.41) is 5.41. The van der Waals surface area contributed by atoms with Crippen LogP contribution < -0.4 is 24.3 Å². The molecule has 0 atom stereocenters. The minimum Gasteiger partial charge on any atom is -0.493 e. The van der Waals surface area contributed by atoms with Crippen molar-refractivity contribution in [3.8, 4) is 28.7 Å². The molecular weight excluding hydrogens is 498 g/mol. The largest absolute Gasteiger partial charge is 0.493 e. The van der Waals surface area contributed by atoms with Gasteiger partial charge in [-0.05, 0) is 55.5 Å². The van der Waals surface area contributed by atoms with Crippen molar-refractivity contribution in [2.75, 3.05) is 19.5 Å². The predicted molar refractivity (Wildman–Crippen MR) is 154 cm³/mol. The Kier molecular flexibility index (Phi) is 9.00. The first-order valence-electron chi connectivity index (χ1n) is 12.3. The lowest BCUT2D eigenvalue weighted by Gasteiger charge is -2.13. The van der Waals surface area contributed by atoms with Gasteiger partial charge < -0.3 is 24.3 Å². The van der Waals surface area contributed by atoms with Gasteiger partial charge >= 0.3 is 0 Å². The van der Waals surface area contributed by atoms with Crippen molar-refractivity contribution in [3.05, 3.63) is 89.0 Å². The topological polar surface area (TPSA) is 74.7 Å². The second-order valence-electron chi connectivity index (χ2n) is 7.94. The predicted octanol–water partition coefficient (Wildman–Crippen LogP) is 8.16. The highest BCUT2D eigenvalue weighted by Crippen LogP contribution is 2.35. The van der Waals surface area contributed by atoms with Gasteiger partial charge in [-0.25, -0.2) is 4.98 Å². The molecule has 2 heterocycles. The summed E-state index contributed by atoms with van der Waals surface area (Å²) in [6, 6.07) is 21.1. The first-order valence-corrected chi connectivity index (χ1v) is 13.1. The van der Waals surface area contributed by atoms with Crippen LogP contribution in [-0.2, 0) is 6.61 Å². The van der Waals surface area contributed by atoms with Gasteiger partial charge in [0.05, 0.1) is 29.6 Å². The molecule has 0 saturated heterocycles. The zero-order valence-electron chi connectivity index (χ0n) is 22.1. The van der Waals surface area contributed by atoms with Crippen LogP contribution in [0.3, 0.4) is 0 Å². The Bertz CT molecular complexity index is 1490. The number of ether oxygens (including phenoxy) is 4. The van der Waals surface area contributed by atoms with Crippen molar-refractivity contribution in [2.45, 2.75) is 27.4 Å². The van der Waals surface area contributed by atoms with Gasteiger partial charge in [-0.2, -0.15) is 0 Å². The van der Waals surface area contributed by atoms with E-state index in [9.17, 15) is 0 Å². The van der Waals surface area contributed by atoms with Crippen LogP contribution >= 0.6 is 11.3 Å². The minimum atomic E-state index is 0.484. The van der Waals surface area contributed by atoms with Gasteiger partial charge in [0, 0.05) is 41.3 Å². The van der Waals surface area contributed by atoms with E-state index in [-0.39, 0.29) is 0 Å². The number of pyridine rings is 1. The third kappa shape index (κ3) is 6.52. The molecule has 38 heavy (non-hydrogen) atoms. The maximum atomic E-state index is 6.05. The molecule has 5 rings (SSSR count). The van der Waals surface area contributed by atoms with Crippen molar-refractivity contribution in [1.82, 2.24) is 9.97 Å². The summed E-state index contributed by atoms with van der Waals surface area (Å²) in [5.41, 5.74) is 2.64. The van der Waals surface area contributed by atoms with Crippen LogP contribution in [0.25, 0.3) is 10.9 Å². The van der Waals surface area contributed by atoms with E-state index in [1.54, 1.807) is 31.8 Å². The number of hydrogen-bond acceptors (Lipinski definition) is 8. The summed E-state index contributed by atoms with van der Waals surface area (Å²) in [6.45, 7) is 6.47. The molecule has 0 radical (unpaired) electrons. The molecule has 0 bridgehead atoms. The van der Waals surface area contributed by atoms with Gasteiger partial charge in [0.2, 0.25) is 0 Å². The van der Waals surface area contributed by atoms with E-state index in [4.69, 9.17) is 18.9 Å². The normalized spacial score (nSPS) is 10.3. The van der Waals surface area contributed by atoms with Crippen molar-refractivity contribution >= 4 is 33.6 Å². The Hall–Kier alpha value is -4.30. The zero-order chi connectivity index (χ0) is 26.9. The lowest BCUT2D eigenvalue weighted by Crippen LogP contribution is -1.96. The molecule has 0 spiro atoms. The van der Waals surface area contributed by atoms with E-state index in [2.05, 4.69) is 15.3 Å². The van der Waals surface area contributed by atoms with Crippen molar-refractivity contribution in [2.24, 2.45) is 0 Å². The summed E-state index contributed by atoms with van der Waals surface area (Å²) < 4.78 is 22.8. The molecule has 0 amide bonds. The SMILES string of the molecule is CC.COc1cc2nccc(Nc3ccc(Oc4cccc(OCc5cnc(C)s5)c4)cc3)c2cc1OC. The summed E-state index contributed by atoms with van der Waals surface area (Å²) in [5.74, 6) is 3.47. The third-order valence-corrected chi connectivity index (χ3v) is 6.36. The smallest absolute Gasteiger partial charge is 0.162 e. The number of thiazole rings is 1. The Morgan fingerprint density at radius 1 is 0.816 bits per heavy atom. The number of hydrogen-bond donors (Lipinski definition) is 1. The quantitative estimate of drug-likeness (QED) is 0.206. The Morgan fingerprint density at radius 3 is 2.26 bits per heavy atom. The van der Waals surface area contributed by atoms with E-state index in [1.165, 1.54) is 0 Å². The van der Waals surface area contributed by atoms with Crippen molar-refractivity contribution in [1.29, 1.82) is 0 Å². The molecule has 0 unspecified atom stereocenters. The Labute approximate surface area is 227 Å². The molecule has 0 aliphatic rings. The molecule has 8 heteroatoms. The molecule has 5 aromatic rings. The lowest BCUT2D eigenvalue weighted by molar-refractivity contribution is 0.308. The van der Waals surface area contributed by atoms with Gasteiger partial charge in [-0.3, -0.25) is 4.98 Å². The van der Waals surface area contributed by atoms with E-state index in [1.807, 2.05) is 93.7 Å². The van der Waals surface area contributed by atoms with Crippen LogP contribution in [-0.4, -0.2) is 24.2 Å².